The molecule has 7 heteroatoms. The summed E-state index contributed by atoms with van der Waals surface area (Å²) in [6, 6.07) is 11.2. The predicted molar refractivity (Wildman–Crippen MR) is 99.6 cm³/mol. The molecule has 0 radical (unpaired) electrons. The van der Waals surface area contributed by atoms with Crippen molar-refractivity contribution in [1.82, 2.24) is 4.98 Å². The number of amides is 1. The van der Waals surface area contributed by atoms with Crippen molar-refractivity contribution in [3.63, 3.8) is 0 Å². The Hall–Kier alpha value is -2.51. The highest BCUT2D eigenvalue weighted by atomic mass is 32.1. The van der Waals surface area contributed by atoms with Gasteiger partial charge in [0.25, 0.3) is 0 Å². The van der Waals surface area contributed by atoms with Crippen LogP contribution in [0.15, 0.2) is 47.2 Å². The van der Waals surface area contributed by atoms with Gasteiger partial charge in [0.1, 0.15) is 11.5 Å². The van der Waals surface area contributed by atoms with Crippen LogP contribution in [0.5, 0.6) is 0 Å². The van der Waals surface area contributed by atoms with Gasteiger partial charge in [-0.15, -0.1) is 22.7 Å². The first-order valence-corrected chi connectivity index (χ1v) is 9.33. The number of aryl methyl sites for hydroxylation is 1. The molecule has 0 aliphatic rings. The van der Waals surface area contributed by atoms with Gasteiger partial charge in [0, 0.05) is 12.3 Å². The molecule has 2 aromatic heterocycles. The molecular formula is C18H16N2O3S2. The summed E-state index contributed by atoms with van der Waals surface area (Å²) < 4.78 is 5.26. The number of aromatic nitrogens is 1. The van der Waals surface area contributed by atoms with Crippen LogP contribution in [0, 0.1) is 6.92 Å². The van der Waals surface area contributed by atoms with Gasteiger partial charge in [-0.05, 0) is 36.1 Å². The molecule has 3 rings (SSSR count). The molecule has 0 saturated carbocycles. The van der Waals surface area contributed by atoms with Gasteiger partial charge in [0.15, 0.2) is 5.13 Å². The number of carbonyl (C=O) groups is 2. The van der Waals surface area contributed by atoms with Crippen molar-refractivity contribution < 1.29 is 14.3 Å². The monoisotopic (exact) mass is 372 g/mol. The summed E-state index contributed by atoms with van der Waals surface area (Å²) >= 11 is 2.67. The van der Waals surface area contributed by atoms with Crippen molar-refractivity contribution in [2.24, 2.45) is 0 Å². The zero-order valence-electron chi connectivity index (χ0n) is 13.8. The zero-order valence-corrected chi connectivity index (χ0v) is 15.4. The maximum absolute atomic E-state index is 12.1. The van der Waals surface area contributed by atoms with Crippen LogP contribution in [0.2, 0.25) is 0 Å². The highest BCUT2D eigenvalue weighted by molar-refractivity contribution is 7.14. The van der Waals surface area contributed by atoms with E-state index in [1.807, 2.05) is 36.6 Å². The number of carbonyl (C=O) groups excluding carboxylic acids is 2. The lowest BCUT2D eigenvalue weighted by molar-refractivity contribution is -0.115. The standard InChI is InChI=1S/C18H16N2O3S2/c1-12-5-3-6-15(9-12)20(13(2)21)18-19-14(11-25-18)10-23-17(22)16-7-4-8-24-16/h3-9,11H,10H2,1-2H3. The van der Waals surface area contributed by atoms with Crippen LogP contribution < -0.4 is 4.90 Å². The summed E-state index contributed by atoms with van der Waals surface area (Å²) in [7, 11) is 0. The number of esters is 1. The van der Waals surface area contributed by atoms with Crippen molar-refractivity contribution >= 4 is 45.4 Å². The number of hydrogen-bond donors (Lipinski definition) is 0. The fourth-order valence-electron chi connectivity index (χ4n) is 2.26. The van der Waals surface area contributed by atoms with Crippen LogP contribution in [-0.4, -0.2) is 16.9 Å². The van der Waals surface area contributed by atoms with E-state index in [4.69, 9.17) is 4.74 Å². The quantitative estimate of drug-likeness (QED) is 0.616. The Bertz CT molecular complexity index is 887. The third kappa shape index (κ3) is 4.12. The van der Waals surface area contributed by atoms with Crippen LogP contribution in [0.4, 0.5) is 10.8 Å². The minimum Gasteiger partial charge on any atom is -0.455 e. The summed E-state index contributed by atoms with van der Waals surface area (Å²) in [4.78, 5) is 30.5. The first-order valence-electron chi connectivity index (χ1n) is 7.57. The van der Waals surface area contributed by atoms with E-state index in [9.17, 15) is 9.59 Å². The number of benzene rings is 1. The summed E-state index contributed by atoms with van der Waals surface area (Å²) in [5, 5.41) is 4.17. The Morgan fingerprint density at radius 3 is 2.72 bits per heavy atom. The Kier molecular flexibility index (Phi) is 5.25. The normalized spacial score (nSPS) is 10.5. The molecule has 128 valence electrons. The van der Waals surface area contributed by atoms with Gasteiger partial charge in [0.05, 0.1) is 11.4 Å². The molecule has 1 amide bonds. The second-order valence-electron chi connectivity index (χ2n) is 5.37. The Balaban J connectivity index is 1.74. The average molecular weight is 372 g/mol. The van der Waals surface area contributed by atoms with E-state index in [2.05, 4.69) is 4.98 Å². The molecule has 0 spiro atoms. The van der Waals surface area contributed by atoms with E-state index in [0.717, 1.165) is 11.3 Å². The minimum atomic E-state index is -0.369. The first-order chi connectivity index (χ1) is 12.0. The number of anilines is 2. The molecule has 0 bridgehead atoms. The highest BCUT2D eigenvalue weighted by Gasteiger charge is 2.18. The molecule has 0 aliphatic heterocycles. The van der Waals surface area contributed by atoms with E-state index in [-0.39, 0.29) is 18.5 Å². The molecule has 0 saturated heterocycles. The van der Waals surface area contributed by atoms with Crippen molar-refractivity contribution in [3.8, 4) is 0 Å². The van der Waals surface area contributed by atoms with Gasteiger partial charge in [-0.1, -0.05) is 18.2 Å². The summed E-state index contributed by atoms with van der Waals surface area (Å²) in [5.41, 5.74) is 2.44. The van der Waals surface area contributed by atoms with E-state index < -0.39 is 0 Å². The van der Waals surface area contributed by atoms with Gasteiger partial charge in [0.2, 0.25) is 5.91 Å². The number of hydrogen-bond acceptors (Lipinski definition) is 6. The van der Waals surface area contributed by atoms with Crippen molar-refractivity contribution in [2.45, 2.75) is 20.5 Å². The number of thiazole rings is 1. The molecule has 3 aromatic rings. The predicted octanol–water partition coefficient (Wildman–Crippen LogP) is 4.55. The molecule has 0 unspecified atom stereocenters. The van der Waals surface area contributed by atoms with Crippen LogP contribution in [0.3, 0.4) is 0 Å². The molecule has 1 aromatic carbocycles. The molecule has 0 atom stereocenters. The molecule has 0 fully saturated rings. The second-order valence-corrected chi connectivity index (χ2v) is 7.15. The Labute approximate surface area is 153 Å². The van der Waals surface area contributed by atoms with Gasteiger partial charge < -0.3 is 4.74 Å². The van der Waals surface area contributed by atoms with Crippen LogP contribution in [0.25, 0.3) is 0 Å². The van der Waals surface area contributed by atoms with Crippen LogP contribution >= 0.6 is 22.7 Å². The van der Waals surface area contributed by atoms with Gasteiger partial charge in [-0.25, -0.2) is 9.78 Å². The van der Waals surface area contributed by atoms with Crippen LogP contribution in [-0.2, 0) is 16.1 Å². The van der Waals surface area contributed by atoms with Crippen LogP contribution in [0.1, 0.15) is 27.9 Å². The van der Waals surface area contributed by atoms with Crippen molar-refractivity contribution in [2.75, 3.05) is 4.90 Å². The minimum absolute atomic E-state index is 0.0762. The van der Waals surface area contributed by atoms with Gasteiger partial charge >= 0.3 is 5.97 Å². The lowest BCUT2D eigenvalue weighted by Crippen LogP contribution is -2.22. The Morgan fingerprint density at radius 2 is 2.04 bits per heavy atom. The van der Waals surface area contributed by atoms with Gasteiger partial charge in [-0.3, -0.25) is 9.69 Å². The molecule has 0 aliphatic carbocycles. The second kappa shape index (κ2) is 7.58. The largest absolute Gasteiger partial charge is 0.455 e. The maximum atomic E-state index is 12.1. The smallest absolute Gasteiger partial charge is 0.348 e. The SMILES string of the molecule is CC(=O)N(c1cccc(C)c1)c1nc(COC(=O)c2cccs2)cs1. The molecule has 25 heavy (non-hydrogen) atoms. The lowest BCUT2D eigenvalue weighted by atomic mass is 10.2. The lowest BCUT2D eigenvalue weighted by Gasteiger charge is -2.18. The van der Waals surface area contributed by atoms with E-state index >= 15 is 0 Å². The summed E-state index contributed by atoms with van der Waals surface area (Å²) in [5.74, 6) is -0.492. The zero-order chi connectivity index (χ0) is 17.8. The maximum Gasteiger partial charge on any atom is 0.348 e. The first kappa shape index (κ1) is 17.3. The summed E-state index contributed by atoms with van der Waals surface area (Å²) in [6.07, 6.45) is 0. The Morgan fingerprint density at radius 1 is 1.20 bits per heavy atom. The van der Waals surface area contributed by atoms with Crippen molar-refractivity contribution in [1.29, 1.82) is 0 Å². The summed E-state index contributed by atoms with van der Waals surface area (Å²) in [6.45, 7) is 3.55. The third-order valence-corrected chi connectivity index (χ3v) is 5.10. The fourth-order valence-corrected chi connectivity index (χ4v) is 3.75. The number of ether oxygens (including phenoxy) is 1. The molecule has 5 nitrogen and oxygen atoms in total. The third-order valence-electron chi connectivity index (χ3n) is 3.38. The molecule has 2 heterocycles. The molecule has 0 N–H and O–H groups in total. The highest BCUT2D eigenvalue weighted by Crippen LogP contribution is 2.29. The number of nitrogens with zero attached hydrogens (tertiary/aromatic N) is 2. The number of rotatable bonds is 5. The number of thiophene rings is 1. The topological polar surface area (TPSA) is 59.5 Å². The fraction of sp³-hybridized carbons (Fsp3) is 0.167. The van der Waals surface area contributed by atoms with E-state index in [1.165, 1.54) is 29.6 Å². The van der Waals surface area contributed by atoms with E-state index in [0.29, 0.717) is 15.7 Å². The average Bonchev–Trinajstić information content (AvgIpc) is 3.25. The van der Waals surface area contributed by atoms with E-state index in [1.54, 1.807) is 22.4 Å². The van der Waals surface area contributed by atoms with Gasteiger partial charge in [-0.2, -0.15) is 0 Å². The molecular weight excluding hydrogens is 356 g/mol. The van der Waals surface area contributed by atoms with Crippen molar-refractivity contribution in [3.05, 3.63) is 63.3 Å².